The number of benzene rings is 1. The average Bonchev–Trinajstić information content (AvgIpc) is 2.70. The molecule has 0 saturated heterocycles. The molecule has 0 radical (unpaired) electrons. The first kappa shape index (κ1) is 22.2. The Balaban J connectivity index is 1.91. The van der Waals surface area contributed by atoms with E-state index in [0.29, 0.717) is 24.4 Å². The van der Waals surface area contributed by atoms with Crippen LogP contribution in [0.25, 0.3) is 6.08 Å². The summed E-state index contributed by atoms with van der Waals surface area (Å²) in [5.74, 6) is 0. The fourth-order valence-corrected chi connectivity index (χ4v) is 5.16. The molecule has 2 rings (SSSR count). The van der Waals surface area contributed by atoms with Crippen molar-refractivity contribution < 1.29 is 14.0 Å². The summed E-state index contributed by atoms with van der Waals surface area (Å²) in [6.07, 6.45) is 11.4. The minimum atomic E-state index is 0.188. The summed E-state index contributed by atoms with van der Waals surface area (Å²) in [4.78, 5) is 0. The molecule has 0 spiro atoms. The number of methoxy groups -OCH3 is 2. The molecule has 0 bridgehead atoms. The van der Waals surface area contributed by atoms with Crippen molar-refractivity contribution in [2.75, 3.05) is 14.2 Å². The number of rotatable bonds is 11. The first-order chi connectivity index (χ1) is 13.2. The van der Waals surface area contributed by atoms with E-state index < -0.39 is 0 Å². The van der Waals surface area contributed by atoms with Gasteiger partial charge in [0.15, 0.2) is 0 Å². The van der Waals surface area contributed by atoms with E-state index in [-0.39, 0.29) is 12.2 Å². The standard InChI is InChI=1S/C23H31NO2.In.2H/c1-4-10-22(25-2)23(26-3)14-9-8-11-20-15-17-24(18-16-20)19-21-12-6-5-7-13-21;;;/h5-7,11-13,15-18,22-23H,4,9-10,14,19H2,1-3H3;;;/q+1;;;. The van der Waals surface area contributed by atoms with Crippen LogP contribution >= 0.6 is 0 Å². The third kappa shape index (κ3) is 7.81. The molecular formula is C23H33InNO2+. The average molecular weight is 470 g/mol. The molecule has 0 aliphatic heterocycles. The Bertz CT molecular complexity index is 685. The summed E-state index contributed by atoms with van der Waals surface area (Å²) in [5.41, 5.74) is 2.61. The Hall–Kier alpha value is -1.10. The van der Waals surface area contributed by atoms with Gasteiger partial charge in [-0.25, -0.2) is 0 Å². The molecule has 0 N–H and O–H groups in total. The van der Waals surface area contributed by atoms with E-state index in [4.69, 9.17) is 9.47 Å². The number of nitrogens with zero attached hydrogens (tertiary/aromatic N) is 1. The predicted molar refractivity (Wildman–Crippen MR) is 114 cm³/mol. The molecule has 0 aliphatic rings. The molecule has 2 unspecified atom stereocenters. The Labute approximate surface area is 179 Å². The van der Waals surface area contributed by atoms with Crippen LogP contribution in [-0.4, -0.2) is 50.8 Å². The van der Waals surface area contributed by atoms with Gasteiger partial charge in [0.2, 0.25) is 0 Å². The zero-order valence-electron chi connectivity index (χ0n) is 17.2. The molecule has 0 aliphatic carbocycles. The zero-order valence-corrected chi connectivity index (χ0v) is 22.9. The number of ether oxygens (including phenoxy) is 2. The van der Waals surface area contributed by atoms with Gasteiger partial charge in [0.05, 0.1) is 0 Å². The summed E-state index contributed by atoms with van der Waals surface area (Å²) in [7, 11) is 3.60. The number of allylic oxidation sites excluding steroid dienone is 1. The molecule has 1 aromatic carbocycles. The van der Waals surface area contributed by atoms with Gasteiger partial charge in [0.25, 0.3) is 0 Å². The molecule has 2 aromatic rings. The van der Waals surface area contributed by atoms with Gasteiger partial charge < -0.3 is 0 Å². The van der Waals surface area contributed by atoms with Gasteiger partial charge in [0.1, 0.15) is 0 Å². The van der Waals surface area contributed by atoms with Crippen molar-refractivity contribution in [3.63, 3.8) is 0 Å². The summed E-state index contributed by atoms with van der Waals surface area (Å²) >= 11 is 0.493. The second-order valence-corrected chi connectivity index (χ2v) is 10.8. The third-order valence-electron chi connectivity index (χ3n) is 4.95. The van der Waals surface area contributed by atoms with Crippen molar-refractivity contribution in [2.45, 2.75) is 51.4 Å². The predicted octanol–water partition coefficient (Wildman–Crippen LogP) is 3.61. The van der Waals surface area contributed by atoms with Crippen LogP contribution in [0.2, 0.25) is 0 Å². The Kier molecular flexibility index (Phi) is 10.2. The van der Waals surface area contributed by atoms with Crippen molar-refractivity contribution in [1.29, 1.82) is 0 Å². The summed E-state index contributed by atoms with van der Waals surface area (Å²) < 4.78 is 15.1. The van der Waals surface area contributed by atoms with E-state index >= 15 is 0 Å². The summed E-state index contributed by atoms with van der Waals surface area (Å²) in [5, 5.41) is 0. The van der Waals surface area contributed by atoms with Crippen LogP contribution in [0.4, 0.5) is 0 Å². The van der Waals surface area contributed by atoms with Crippen LogP contribution < -0.4 is 4.57 Å². The van der Waals surface area contributed by atoms with Gasteiger partial charge in [-0.05, 0) is 0 Å². The van der Waals surface area contributed by atoms with E-state index in [1.165, 1.54) is 11.1 Å². The minimum absolute atomic E-state index is 0.188. The molecule has 0 fully saturated rings. The second-order valence-electron chi connectivity index (χ2n) is 7.16. The summed E-state index contributed by atoms with van der Waals surface area (Å²) in [6.45, 7) is 3.11. The van der Waals surface area contributed by atoms with Crippen molar-refractivity contribution in [2.24, 2.45) is 0 Å². The molecule has 2 atom stereocenters. The van der Waals surface area contributed by atoms with Crippen LogP contribution in [0.15, 0.2) is 58.2 Å². The molecule has 3 nitrogen and oxygen atoms in total. The van der Waals surface area contributed by atoms with Crippen LogP contribution in [0.1, 0.15) is 43.7 Å². The van der Waals surface area contributed by atoms with Crippen molar-refractivity contribution in [3.8, 4) is 0 Å². The molecule has 0 amide bonds. The van der Waals surface area contributed by atoms with E-state index in [9.17, 15) is 0 Å². The maximum atomic E-state index is 5.70. The van der Waals surface area contributed by atoms with Gasteiger partial charge in [-0.1, -0.05) is 0 Å². The first-order valence-corrected chi connectivity index (χ1v) is 12.8. The number of hydrogen-bond donors (Lipinski definition) is 0. The van der Waals surface area contributed by atoms with E-state index in [2.05, 4.69) is 72.4 Å². The molecule has 144 valence electrons. The topological polar surface area (TPSA) is 22.3 Å². The molecule has 1 heterocycles. The first-order valence-electron chi connectivity index (χ1n) is 9.92. The van der Waals surface area contributed by atoms with Crippen LogP contribution in [0.5, 0.6) is 0 Å². The number of hydrogen-bond acceptors (Lipinski definition) is 2. The molecule has 0 saturated carbocycles. The Morgan fingerprint density at radius 2 is 1.63 bits per heavy atom. The molecule has 1 aromatic heterocycles. The Morgan fingerprint density at radius 1 is 1.00 bits per heavy atom. The quantitative estimate of drug-likeness (QED) is 0.469. The van der Waals surface area contributed by atoms with Gasteiger partial charge in [0, 0.05) is 0 Å². The molecule has 27 heavy (non-hydrogen) atoms. The number of pyridine rings is 1. The van der Waals surface area contributed by atoms with Crippen LogP contribution in [0.3, 0.4) is 0 Å². The van der Waals surface area contributed by atoms with Gasteiger partial charge >= 0.3 is 179 Å². The van der Waals surface area contributed by atoms with Crippen molar-refractivity contribution >= 4 is 30.5 Å². The molecular weight excluding hydrogens is 437 g/mol. The van der Waals surface area contributed by atoms with Gasteiger partial charge in [-0.15, -0.1) is 0 Å². The van der Waals surface area contributed by atoms with Crippen molar-refractivity contribution in [1.82, 2.24) is 0 Å². The van der Waals surface area contributed by atoms with E-state index in [1.54, 1.807) is 17.5 Å². The SMILES string of the molecule is CCCC(OC)C(CC[C]([InH2])=Cc1cc[n+](Cc2ccccc2)cc1)OC. The fraction of sp³-hybridized carbons (Fsp3) is 0.435. The zero-order chi connectivity index (χ0) is 19.5. The molecule has 4 heteroatoms. The Morgan fingerprint density at radius 3 is 2.22 bits per heavy atom. The number of aromatic nitrogens is 1. The third-order valence-corrected chi connectivity index (χ3v) is 7.21. The van der Waals surface area contributed by atoms with Gasteiger partial charge in [-0.3, -0.25) is 0 Å². The van der Waals surface area contributed by atoms with Crippen LogP contribution in [0, 0.1) is 0 Å². The monoisotopic (exact) mass is 470 g/mol. The van der Waals surface area contributed by atoms with E-state index in [0.717, 1.165) is 32.2 Å². The second kappa shape index (κ2) is 12.4. The van der Waals surface area contributed by atoms with Crippen molar-refractivity contribution in [3.05, 3.63) is 69.3 Å². The normalized spacial score (nSPS) is 14.1. The fourth-order valence-electron chi connectivity index (χ4n) is 3.39. The van der Waals surface area contributed by atoms with Gasteiger partial charge in [-0.2, -0.15) is 0 Å². The van der Waals surface area contributed by atoms with E-state index in [1.807, 2.05) is 0 Å². The maximum absolute atomic E-state index is 5.70. The summed E-state index contributed by atoms with van der Waals surface area (Å²) in [6, 6.07) is 15.0. The van der Waals surface area contributed by atoms with Crippen LogP contribution in [-0.2, 0) is 16.0 Å².